The van der Waals surface area contributed by atoms with E-state index in [1.807, 2.05) is 36.4 Å². The maximum Gasteiger partial charge on any atom is 0.254 e. The molecular weight excluding hydrogens is 364 g/mol. The van der Waals surface area contributed by atoms with Gasteiger partial charge >= 0.3 is 0 Å². The molecular formula is C21H17F2N3O2. The number of nitrogens with zero attached hydrogens (tertiary/aromatic N) is 1. The van der Waals surface area contributed by atoms with Crippen LogP contribution in [0.25, 0.3) is 11.1 Å². The summed E-state index contributed by atoms with van der Waals surface area (Å²) in [6, 6.07) is 15.9. The lowest BCUT2D eigenvalue weighted by Crippen LogP contribution is -2.28. The van der Waals surface area contributed by atoms with Gasteiger partial charge < -0.3 is 10.6 Å². The third-order valence-electron chi connectivity index (χ3n) is 3.95. The number of aromatic nitrogens is 1. The van der Waals surface area contributed by atoms with Crippen molar-refractivity contribution in [1.29, 1.82) is 0 Å². The number of nitrogens with one attached hydrogen (secondary N) is 2. The number of rotatable bonds is 6. The molecule has 3 aromatic rings. The SMILES string of the molecule is O=C(CCNC(=O)c1ccc(F)cc1F)Nc1ccc(-c2ccccc2)cn1. The summed E-state index contributed by atoms with van der Waals surface area (Å²) in [5, 5.41) is 5.05. The number of hydrogen-bond acceptors (Lipinski definition) is 3. The molecule has 7 heteroatoms. The Bertz CT molecular complexity index is 977. The van der Waals surface area contributed by atoms with Gasteiger partial charge in [-0.15, -0.1) is 0 Å². The second-order valence-electron chi connectivity index (χ2n) is 5.98. The number of benzene rings is 2. The van der Waals surface area contributed by atoms with E-state index in [-0.39, 0.29) is 24.4 Å². The van der Waals surface area contributed by atoms with Crippen molar-refractivity contribution in [2.75, 3.05) is 11.9 Å². The van der Waals surface area contributed by atoms with Gasteiger partial charge in [-0.1, -0.05) is 30.3 Å². The van der Waals surface area contributed by atoms with Crippen molar-refractivity contribution >= 4 is 17.6 Å². The second kappa shape index (κ2) is 8.85. The molecule has 0 saturated carbocycles. The maximum atomic E-state index is 13.5. The molecule has 28 heavy (non-hydrogen) atoms. The molecule has 0 radical (unpaired) electrons. The molecule has 0 spiro atoms. The molecule has 0 bridgehead atoms. The zero-order valence-corrected chi connectivity index (χ0v) is 14.8. The first-order chi connectivity index (χ1) is 13.5. The van der Waals surface area contributed by atoms with Gasteiger partial charge in [0.25, 0.3) is 5.91 Å². The molecule has 1 heterocycles. The van der Waals surface area contributed by atoms with E-state index in [9.17, 15) is 18.4 Å². The summed E-state index contributed by atoms with van der Waals surface area (Å²) in [6.45, 7) is 0.00355. The van der Waals surface area contributed by atoms with E-state index in [1.54, 1.807) is 12.3 Å². The van der Waals surface area contributed by atoms with Crippen LogP contribution in [0, 0.1) is 11.6 Å². The summed E-state index contributed by atoms with van der Waals surface area (Å²) in [4.78, 5) is 28.0. The Morgan fingerprint density at radius 1 is 0.929 bits per heavy atom. The summed E-state index contributed by atoms with van der Waals surface area (Å²) in [6.07, 6.45) is 1.64. The number of halogens is 2. The Balaban J connectivity index is 1.48. The summed E-state index contributed by atoms with van der Waals surface area (Å²) < 4.78 is 26.4. The number of anilines is 1. The van der Waals surface area contributed by atoms with Gasteiger partial charge in [-0.3, -0.25) is 9.59 Å². The summed E-state index contributed by atoms with van der Waals surface area (Å²) in [7, 11) is 0. The van der Waals surface area contributed by atoms with E-state index in [1.165, 1.54) is 0 Å². The third kappa shape index (κ3) is 4.97. The van der Waals surface area contributed by atoms with E-state index >= 15 is 0 Å². The molecule has 2 amide bonds. The topological polar surface area (TPSA) is 71.1 Å². The molecule has 0 aliphatic carbocycles. The molecule has 2 aromatic carbocycles. The average Bonchev–Trinajstić information content (AvgIpc) is 2.69. The number of carbonyl (C=O) groups is 2. The lowest BCUT2D eigenvalue weighted by Gasteiger charge is -2.08. The molecule has 0 unspecified atom stereocenters. The van der Waals surface area contributed by atoms with Crippen molar-refractivity contribution in [2.24, 2.45) is 0 Å². The van der Waals surface area contributed by atoms with Crippen LogP contribution >= 0.6 is 0 Å². The van der Waals surface area contributed by atoms with Gasteiger partial charge in [-0.05, 0) is 29.8 Å². The van der Waals surface area contributed by atoms with Crippen molar-refractivity contribution in [3.05, 3.63) is 84.1 Å². The molecule has 0 aliphatic heterocycles. The quantitative estimate of drug-likeness (QED) is 0.683. The predicted octanol–water partition coefficient (Wildman–Crippen LogP) is 3.79. The smallest absolute Gasteiger partial charge is 0.254 e. The highest BCUT2D eigenvalue weighted by atomic mass is 19.1. The fraction of sp³-hybridized carbons (Fsp3) is 0.0952. The van der Waals surface area contributed by atoms with E-state index in [4.69, 9.17) is 0 Å². The molecule has 142 valence electrons. The van der Waals surface area contributed by atoms with Gasteiger partial charge in [0.05, 0.1) is 5.56 Å². The van der Waals surface area contributed by atoms with E-state index in [0.717, 1.165) is 23.3 Å². The van der Waals surface area contributed by atoms with Crippen molar-refractivity contribution < 1.29 is 18.4 Å². The van der Waals surface area contributed by atoms with Gasteiger partial charge in [0, 0.05) is 30.8 Å². The molecule has 0 atom stereocenters. The fourth-order valence-electron chi connectivity index (χ4n) is 2.53. The zero-order valence-electron chi connectivity index (χ0n) is 14.8. The maximum absolute atomic E-state index is 13.5. The minimum Gasteiger partial charge on any atom is -0.351 e. The molecule has 3 rings (SSSR count). The van der Waals surface area contributed by atoms with Gasteiger partial charge in [-0.2, -0.15) is 0 Å². The first-order valence-corrected chi connectivity index (χ1v) is 8.57. The van der Waals surface area contributed by atoms with Gasteiger partial charge in [0.2, 0.25) is 5.91 Å². The molecule has 5 nitrogen and oxygen atoms in total. The van der Waals surface area contributed by atoms with Crippen molar-refractivity contribution in [2.45, 2.75) is 6.42 Å². The molecule has 0 saturated heterocycles. The zero-order chi connectivity index (χ0) is 19.9. The average molecular weight is 381 g/mol. The first-order valence-electron chi connectivity index (χ1n) is 8.57. The van der Waals surface area contributed by atoms with E-state index < -0.39 is 17.5 Å². The van der Waals surface area contributed by atoms with E-state index in [0.29, 0.717) is 11.9 Å². The standard InChI is InChI=1S/C21H17F2N3O2/c22-16-7-8-17(18(23)12-16)21(28)24-11-10-20(27)26-19-9-6-15(13-25-19)14-4-2-1-3-5-14/h1-9,12-13H,10-11H2,(H,24,28)(H,25,26,27). The van der Waals surface area contributed by atoms with Crippen LogP contribution in [0.15, 0.2) is 66.9 Å². The Labute approximate surface area is 160 Å². The summed E-state index contributed by atoms with van der Waals surface area (Å²) in [5.74, 6) is -2.39. The van der Waals surface area contributed by atoms with Crippen molar-refractivity contribution in [1.82, 2.24) is 10.3 Å². The van der Waals surface area contributed by atoms with Crippen LogP contribution in [0.3, 0.4) is 0 Å². The van der Waals surface area contributed by atoms with Gasteiger partial charge in [0.15, 0.2) is 0 Å². The van der Waals surface area contributed by atoms with Gasteiger partial charge in [0.1, 0.15) is 17.5 Å². The first kappa shape index (κ1) is 19.2. The van der Waals surface area contributed by atoms with Crippen LogP contribution < -0.4 is 10.6 Å². The second-order valence-corrected chi connectivity index (χ2v) is 5.98. The number of pyridine rings is 1. The van der Waals surface area contributed by atoms with E-state index in [2.05, 4.69) is 15.6 Å². The summed E-state index contributed by atoms with van der Waals surface area (Å²) in [5.41, 5.74) is 1.66. The predicted molar refractivity (Wildman–Crippen MR) is 102 cm³/mol. The van der Waals surface area contributed by atoms with Gasteiger partial charge in [-0.25, -0.2) is 13.8 Å². The van der Waals surface area contributed by atoms with Crippen molar-refractivity contribution in [3.63, 3.8) is 0 Å². The Hall–Kier alpha value is -3.61. The van der Waals surface area contributed by atoms with Crippen LogP contribution in [-0.2, 0) is 4.79 Å². The van der Waals surface area contributed by atoms with Crippen LogP contribution in [0.5, 0.6) is 0 Å². The monoisotopic (exact) mass is 381 g/mol. The fourth-order valence-corrected chi connectivity index (χ4v) is 2.53. The Kier molecular flexibility index (Phi) is 6.06. The number of amides is 2. The summed E-state index contributed by atoms with van der Waals surface area (Å²) >= 11 is 0. The lowest BCUT2D eigenvalue weighted by molar-refractivity contribution is -0.116. The highest BCUT2D eigenvalue weighted by Crippen LogP contribution is 2.19. The Morgan fingerprint density at radius 3 is 2.39 bits per heavy atom. The third-order valence-corrected chi connectivity index (χ3v) is 3.95. The molecule has 1 aromatic heterocycles. The van der Waals surface area contributed by atoms with Crippen LogP contribution in [0.2, 0.25) is 0 Å². The van der Waals surface area contributed by atoms with Crippen LogP contribution in [0.1, 0.15) is 16.8 Å². The van der Waals surface area contributed by atoms with Crippen LogP contribution in [0.4, 0.5) is 14.6 Å². The minimum atomic E-state index is -0.954. The highest BCUT2D eigenvalue weighted by molar-refractivity contribution is 5.95. The van der Waals surface area contributed by atoms with Crippen LogP contribution in [-0.4, -0.2) is 23.3 Å². The number of carbonyl (C=O) groups excluding carboxylic acids is 2. The van der Waals surface area contributed by atoms with Crippen molar-refractivity contribution in [3.8, 4) is 11.1 Å². The largest absolute Gasteiger partial charge is 0.351 e. The lowest BCUT2D eigenvalue weighted by atomic mass is 10.1. The molecule has 0 aliphatic rings. The molecule has 0 fully saturated rings. The highest BCUT2D eigenvalue weighted by Gasteiger charge is 2.12. The normalized spacial score (nSPS) is 10.4. The molecule has 2 N–H and O–H groups in total. The Morgan fingerprint density at radius 2 is 1.71 bits per heavy atom. The minimum absolute atomic E-state index is 0.00355. The number of hydrogen-bond donors (Lipinski definition) is 2.